The van der Waals surface area contributed by atoms with Crippen LogP contribution < -0.4 is 5.32 Å². The molecule has 2 unspecified atom stereocenters. The first-order valence-corrected chi connectivity index (χ1v) is 8.93. The molecule has 2 rings (SSSR count). The molecule has 1 heterocycles. The summed E-state index contributed by atoms with van der Waals surface area (Å²) in [5.74, 6) is -3.47. The lowest BCUT2D eigenvalue weighted by Crippen LogP contribution is -2.32. The topological polar surface area (TPSA) is 98.5 Å². The Kier molecular flexibility index (Phi) is 5.70. The number of anilines is 1. The molecule has 1 aromatic carbocycles. The van der Waals surface area contributed by atoms with E-state index in [9.17, 15) is 27.3 Å². The molecule has 1 N–H and O–H groups in total. The number of hydrogen-bond donors (Lipinski definition) is 1. The van der Waals surface area contributed by atoms with Crippen molar-refractivity contribution in [3.8, 4) is 0 Å². The second-order valence-electron chi connectivity index (χ2n) is 5.65. The second kappa shape index (κ2) is 7.39. The number of sulfone groups is 1. The van der Waals surface area contributed by atoms with Crippen LogP contribution in [0.1, 0.15) is 19.8 Å². The van der Waals surface area contributed by atoms with Gasteiger partial charge >= 0.3 is 5.76 Å². The Morgan fingerprint density at radius 2 is 2.12 bits per heavy atom. The van der Waals surface area contributed by atoms with Crippen molar-refractivity contribution in [1.29, 1.82) is 0 Å². The number of rotatable bonds is 6. The SMILES string of the molecule is CC(Nc1ccc(S(=O)(=O)C(F)F)cc1[N+](=O)[O-])C1CCCOC1. The molecule has 134 valence electrons. The highest BCUT2D eigenvalue weighted by molar-refractivity contribution is 7.91. The van der Waals surface area contributed by atoms with Gasteiger partial charge in [-0.3, -0.25) is 10.1 Å². The molecule has 1 fully saturated rings. The molecule has 0 bridgehead atoms. The van der Waals surface area contributed by atoms with E-state index in [4.69, 9.17) is 4.74 Å². The monoisotopic (exact) mass is 364 g/mol. The smallest absolute Gasteiger partial charge is 0.341 e. The molecular weight excluding hydrogens is 346 g/mol. The molecule has 0 amide bonds. The molecule has 1 aliphatic heterocycles. The van der Waals surface area contributed by atoms with Crippen LogP contribution >= 0.6 is 0 Å². The second-order valence-corrected chi connectivity index (χ2v) is 7.57. The van der Waals surface area contributed by atoms with Crippen molar-refractivity contribution < 1.29 is 26.9 Å². The Labute approximate surface area is 138 Å². The summed E-state index contributed by atoms with van der Waals surface area (Å²) in [6.07, 6.45) is 1.80. The highest BCUT2D eigenvalue weighted by Gasteiger charge is 2.30. The van der Waals surface area contributed by atoms with E-state index in [0.29, 0.717) is 19.3 Å². The van der Waals surface area contributed by atoms with Crippen molar-refractivity contribution in [2.45, 2.75) is 36.5 Å². The fraction of sp³-hybridized carbons (Fsp3) is 0.571. The molecule has 0 spiro atoms. The van der Waals surface area contributed by atoms with Gasteiger partial charge in [0.25, 0.3) is 5.69 Å². The van der Waals surface area contributed by atoms with E-state index in [2.05, 4.69) is 5.32 Å². The molecule has 1 saturated heterocycles. The molecule has 0 radical (unpaired) electrons. The Morgan fingerprint density at radius 1 is 1.42 bits per heavy atom. The minimum atomic E-state index is -4.88. The molecule has 24 heavy (non-hydrogen) atoms. The Hall–Kier alpha value is -1.81. The van der Waals surface area contributed by atoms with Crippen LogP contribution in [0.5, 0.6) is 0 Å². The maximum absolute atomic E-state index is 12.6. The number of nitro benzene ring substituents is 1. The van der Waals surface area contributed by atoms with Gasteiger partial charge < -0.3 is 10.1 Å². The number of nitrogens with zero attached hydrogens (tertiary/aromatic N) is 1. The largest absolute Gasteiger partial charge is 0.381 e. The summed E-state index contributed by atoms with van der Waals surface area (Å²) < 4.78 is 53.5. The Balaban J connectivity index is 2.28. The van der Waals surface area contributed by atoms with E-state index >= 15 is 0 Å². The van der Waals surface area contributed by atoms with Gasteiger partial charge in [-0.15, -0.1) is 0 Å². The zero-order valence-electron chi connectivity index (χ0n) is 12.9. The van der Waals surface area contributed by atoms with Crippen molar-refractivity contribution in [3.05, 3.63) is 28.3 Å². The van der Waals surface area contributed by atoms with Crippen LogP contribution in [0.4, 0.5) is 20.2 Å². The number of nitrogens with one attached hydrogen (secondary N) is 1. The van der Waals surface area contributed by atoms with E-state index in [1.54, 1.807) is 0 Å². The van der Waals surface area contributed by atoms with E-state index in [1.165, 1.54) is 0 Å². The van der Waals surface area contributed by atoms with Crippen LogP contribution in [0.25, 0.3) is 0 Å². The first-order valence-electron chi connectivity index (χ1n) is 7.38. The zero-order valence-corrected chi connectivity index (χ0v) is 13.8. The average Bonchev–Trinajstić information content (AvgIpc) is 2.55. The first-order chi connectivity index (χ1) is 11.2. The number of nitro groups is 1. The molecule has 1 aliphatic rings. The van der Waals surface area contributed by atoms with E-state index in [-0.39, 0.29) is 17.6 Å². The van der Waals surface area contributed by atoms with Crippen LogP contribution in [0.3, 0.4) is 0 Å². The maximum Gasteiger partial charge on any atom is 0.341 e. The number of benzene rings is 1. The molecular formula is C14H18F2N2O5S. The van der Waals surface area contributed by atoms with Gasteiger partial charge in [-0.2, -0.15) is 8.78 Å². The van der Waals surface area contributed by atoms with Crippen LogP contribution in [0.2, 0.25) is 0 Å². The zero-order chi connectivity index (χ0) is 17.9. The summed E-state index contributed by atoms with van der Waals surface area (Å²) in [6, 6.07) is 2.60. The molecule has 2 atom stereocenters. The predicted molar refractivity (Wildman–Crippen MR) is 82.9 cm³/mol. The lowest BCUT2D eigenvalue weighted by molar-refractivity contribution is -0.384. The highest BCUT2D eigenvalue weighted by Crippen LogP contribution is 2.31. The summed E-state index contributed by atoms with van der Waals surface area (Å²) in [6.45, 7) is 3.05. The van der Waals surface area contributed by atoms with Crippen LogP contribution in [-0.4, -0.2) is 38.4 Å². The standard InChI is InChI=1S/C14H18F2N2O5S/c1-9(10-3-2-6-23-8-10)17-12-5-4-11(7-13(12)18(19)20)24(21,22)14(15)16/h4-5,7,9-10,14,17H,2-3,6,8H2,1H3. The van der Waals surface area contributed by atoms with Crippen molar-refractivity contribution >= 4 is 21.2 Å². The highest BCUT2D eigenvalue weighted by atomic mass is 32.2. The van der Waals surface area contributed by atoms with E-state index in [1.807, 2.05) is 6.92 Å². The molecule has 1 aromatic rings. The predicted octanol–water partition coefficient (Wildman–Crippen LogP) is 2.82. The fourth-order valence-electron chi connectivity index (χ4n) is 2.59. The van der Waals surface area contributed by atoms with Crippen molar-refractivity contribution in [1.82, 2.24) is 0 Å². The Morgan fingerprint density at radius 3 is 2.67 bits per heavy atom. The molecule has 7 nitrogen and oxygen atoms in total. The lowest BCUT2D eigenvalue weighted by atomic mass is 9.94. The van der Waals surface area contributed by atoms with Gasteiger partial charge in [-0.1, -0.05) is 0 Å². The van der Waals surface area contributed by atoms with Crippen molar-refractivity contribution in [3.63, 3.8) is 0 Å². The lowest BCUT2D eigenvalue weighted by Gasteiger charge is -2.28. The van der Waals surface area contributed by atoms with Gasteiger partial charge in [0.2, 0.25) is 9.84 Å². The number of ether oxygens (including phenoxy) is 1. The molecule has 0 aliphatic carbocycles. The summed E-state index contributed by atoms with van der Waals surface area (Å²) in [5.41, 5.74) is -0.466. The average molecular weight is 364 g/mol. The molecule has 10 heteroatoms. The van der Waals surface area contributed by atoms with Crippen molar-refractivity contribution in [2.75, 3.05) is 18.5 Å². The normalized spacial score (nSPS) is 19.9. The summed E-state index contributed by atoms with van der Waals surface area (Å²) in [7, 11) is -4.88. The van der Waals surface area contributed by atoms with Crippen LogP contribution in [0.15, 0.2) is 23.1 Å². The first kappa shape index (κ1) is 18.5. The summed E-state index contributed by atoms with van der Waals surface area (Å²) >= 11 is 0. The Bertz CT molecular complexity index is 705. The van der Waals surface area contributed by atoms with Gasteiger partial charge in [0.05, 0.1) is 16.4 Å². The van der Waals surface area contributed by atoms with Crippen LogP contribution in [-0.2, 0) is 14.6 Å². The minimum absolute atomic E-state index is 0.0892. The summed E-state index contributed by atoms with van der Waals surface area (Å²) in [5, 5.41) is 14.2. The third-order valence-corrected chi connectivity index (χ3v) is 5.39. The van der Waals surface area contributed by atoms with Crippen LogP contribution in [0, 0.1) is 16.0 Å². The van der Waals surface area contributed by atoms with Gasteiger partial charge in [0.15, 0.2) is 0 Å². The minimum Gasteiger partial charge on any atom is -0.381 e. The third-order valence-electron chi connectivity index (χ3n) is 4.01. The molecule has 0 saturated carbocycles. The third kappa shape index (κ3) is 3.99. The maximum atomic E-state index is 12.6. The van der Waals surface area contributed by atoms with Gasteiger partial charge in [0.1, 0.15) is 5.69 Å². The van der Waals surface area contributed by atoms with Gasteiger partial charge in [-0.25, -0.2) is 8.42 Å². The van der Waals surface area contributed by atoms with Gasteiger partial charge in [-0.05, 0) is 31.9 Å². The number of halogens is 2. The van der Waals surface area contributed by atoms with E-state index < -0.39 is 31.1 Å². The summed E-state index contributed by atoms with van der Waals surface area (Å²) in [4.78, 5) is 9.62. The number of hydrogen-bond acceptors (Lipinski definition) is 6. The quantitative estimate of drug-likeness (QED) is 0.616. The van der Waals surface area contributed by atoms with E-state index in [0.717, 1.165) is 25.0 Å². The van der Waals surface area contributed by atoms with Crippen molar-refractivity contribution in [2.24, 2.45) is 5.92 Å². The van der Waals surface area contributed by atoms with Gasteiger partial charge in [0, 0.05) is 24.6 Å². The fourth-order valence-corrected chi connectivity index (χ4v) is 3.33. The molecule has 0 aromatic heterocycles. The number of alkyl halides is 2.